The van der Waals surface area contributed by atoms with Crippen molar-refractivity contribution in [2.24, 2.45) is 0 Å². The minimum atomic E-state index is -0.673. The highest BCUT2D eigenvalue weighted by Crippen LogP contribution is 2.01. The van der Waals surface area contributed by atoms with E-state index in [0.717, 1.165) is 5.75 Å². The summed E-state index contributed by atoms with van der Waals surface area (Å²) in [4.78, 5) is 38.6. The lowest BCUT2D eigenvalue weighted by atomic mass is 10.2. The molecule has 3 N–H and O–H groups in total. The van der Waals surface area contributed by atoms with Crippen LogP contribution in [0, 0.1) is 0 Å². The van der Waals surface area contributed by atoms with Gasteiger partial charge in [-0.25, -0.2) is 0 Å². The molecular formula is C13H18N4O3S. The van der Waals surface area contributed by atoms with E-state index in [1.807, 2.05) is 6.26 Å². The Morgan fingerprint density at radius 1 is 1.24 bits per heavy atom. The Balaban J connectivity index is 2.52. The number of rotatable bonds is 6. The van der Waals surface area contributed by atoms with E-state index in [2.05, 4.69) is 21.2 Å². The third-order valence-electron chi connectivity index (χ3n) is 2.55. The molecule has 0 bridgehead atoms. The first-order valence-electron chi connectivity index (χ1n) is 6.31. The van der Waals surface area contributed by atoms with Crippen LogP contribution in [0.4, 0.5) is 0 Å². The minimum Gasteiger partial charge on any atom is -0.344 e. The molecule has 0 spiro atoms. The summed E-state index contributed by atoms with van der Waals surface area (Å²) in [7, 11) is 0. The average molecular weight is 310 g/mol. The predicted octanol–water partition coefficient (Wildman–Crippen LogP) is 0.100. The second-order valence-electron chi connectivity index (χ2n) is 4.21. The molecule has 114 valence electrons. The van der Waals surface area contributed by atoms with Crippen molar-refractivity contribution in [2.45, 2.75) is 19.4 Å². The van der Waals surface area contributed by atoms with Crippen molar-refractivity contribution in [3.05, 3.63) is 30.1 Å². The zero-order valence-corrected chi connectivity index (χ0v) is 12.7. The number of carbonyl (C=O) groups is 3. The molecule has 0 saturated heterocycles. The van der Waals surface area contributed by atoms with Gasteiger partial charge in [-0.1, -0.05) is 0 Å². The normalized spacial score (nSPS) is 11.3. The SMILES string of the molecule is CSCC[C@H](NC(C)=O)C(=O)NNC(=O)c1ccncc1. The molecule has 0 radical (unpaired) electrons. The molecule has 1 heterocycles. The van der Waals surface area contributed by atoms with Gasteiger partial charge in [-0.2, -0.15) is 11.8 Å². The lowest BCUT2D eigenvalue weighted by Gasteiger charge is -2.17. The first-order chi connectivity index (χ1) is 10.0. The predicted molar refractivity (Wildman–Crippen MR) is 80.4 cm³/mol. The first kappa shape index (κ1) is 17.0. The number of pyridine rings is 1. The van der Waals surface area contributed by atoms with Crippen LogP contribution in [-0.4, -0.2) is 40.8 Å². The number of hydrogen-bond donors (Lipinski definition) is 3. The second-order valence-corrected chi connectivity index (χ2v) is 5.20. The number of carbonyl (C=O) groups excluding carboxylic acids is 3. The lowest BCUT2D eigenvalue weighted by Crippen LogP contribution is -2.52. The molecule has 7 nitrogen and oxygen atoms in total. The van der Waals surface area contributed by atoms with Crippen molar-refractivity contribution in [3.63, 3.8) is 0 Å². The van der Waals surface area contributed by atoms with E-state index in [1.54, 1.807) is 11.8 Å². The van der Waals surface area contributed by atoms with Crippen LogP contribution in [0.3, 0.4) is 0 Å². The summed E-state index contributed by atoms with van der Waals surface area (Å²) in [6.45, 7) is 1.34. The van der Waals surface area contributed by atoms with Crippen molar-refractivity contribution in [3.8, 4) is 0 Å². The van der Waals surface area contributed by atoms with Crippen LogP contribution < -0.4 is 16.2 Å². The highest BCUT2D eigenvalue weighted by atomic mass is 32.2. The molecule has 1 aromatic rings. The number of thioether (sulfide) groups is 1. The van der Waals surface area contributed by atoms with Crippen LogP contribution >= 0.6 is 11.8 Å². The summed E-state index contributed by atoms with van der Waals surface area (Å²) in [5.74, 6) is -0.480. The van der Waals surface area contributed by atoms with Crippen LogP contribution in [0.25, 0.3) is 0 Å². The summed E-state index contributed by atoms with van der Waals surface area (Å²) in [6, 6.07) is 2.38. The fourth-order valence-electron chi connectivity index (χ4n) is 1.53. The van der Waals surface area contributed by atoms with Gasteiger partial charge in [-0.05, 0) is 30.6 Å². The number of nitrogens with one attached hydrogen (secondary N) is 3. The molecule has 0 saturated carbocycles. The maximum atomic E-state index is 12.0. The van der Waals surface area contributed by atoms with Crippen molar-refractivity contribution in [1.82, 2.24) is 21.2 Å². The molecule has 3 amide bonds. The van der Waals surface area contributed by atoms with Gasteiger partial charge in [0.05, 0.1) is 0 Å². The molecule has 1 atom stereocenters. The van der Waals surface area contributed by atoms with E-state index in [4.69, 9.17) is 0 Å². The van der Waals surface area contributed by atoms with Crippen LogP contribution in [0.1, 0.15) is 23.7 Å². The van der Waals surface area contributed by atoms with E-state index < -0.39 is 17.9 Å². The average Bonchev–Trinajstić information content (AvgIpc) is 2.49. The van der Waals surface area contributed by atoms with Crippen molar-refractivity contribution in [1.29, 1.82) is 0 Å². The van der Waals surface area contributed by atoms with Gasteiger partial charge in [0.1, 0.15) is 6.04 Å². The summed E-state index contributed by atoms with van der Waals surface area (Å²) in [5.41, 5.74) is 5.00. The van der Waals surface area contributed by atoms with E-state index in [9.17, 15) is 14.4 Å². The Labute approximate surface area is 127 Å². The molecule has 0 unspecified atom stereocenters. The van der Waals surface area contributed by atoms with E-state index in [-0.39, 0.29) is 5.91 Å². The Morgan fingerprint density at radius 2 is 1.90 bits per heavy atom. The molecule has 0 aliphatic heterocycles. The third-order valence-corrected chi connectivity index (χ3v) is 3.19. The molecule has 0 fully saturated rings. The van der Waals surface area contributed by atoms with Crippen LogP contribution in [0.2, 0.25) is 0 Å². The standard InChI is InChI=1S/C13H18N4O3S/c1-9(18)15-11(5-8-21-2)13(20)17-16-12(19)10-3-6-14-7-4-10/h3-4,6-7,11H,5,8H2,1-2H3,(H,15,18)(H,16,19)(H,17,20)/t11-/m0/s1. The van der Waals surface area contributed by atoms with Gasteiger partial charge >= 0.3 is 0 Å². The zero-order valence-electron chi connectivity index (χ0n) is 11.9. The van der Waals surface area contributed by atoms with Gasteiger partial charge in [-0.15, -0.1) is 0 Å². The van der Waals surface area contributed by atoms with Gasteiger partial charge < -0.3 is 5.32 Å². The molecular weight excluding hydrogens is 292 g/mol. The topological polar surface area (TPSA) is 100 Å². The Hall–Kier alpha value is -2.09. The molecule has 0 aliphatic carbocycles. The number of aromatic nitrogens is 1. The van der Waals surface area contributed by atoms with Crippen LogP contribution in [0.5, 0.6) is 0 Å². The molecule has 21 heavy (non-hydrogen) atoms. The zero-order chi connectivity index (χ0) is 15.7. The van der Waals surface area contributed by atoms with Crippen molar-refractivity contribution >= 4 is 29.5 Å². The molecule has 0 aromatic carbocycles. The minimum absolute atomic E-state index is 0.295. The lowest BCUT2D eigenvalue weighted by molar-refractivity contribution is -0.128. The Bertz CT molecular complexity index is 495. The molecule has 8 heteroatoms. The summed E-state index contributed by atoms with van der Waals surface area (Å²) in [5, 5.41) is 2.55. The monoisotopic (exact) mass is 310 g/mol. The van der Waals surface area contributed by atoms with Gasteiger partial charge in [0, 0.05) is 24.9 Å². The largest absolute Gasteiger partial charge is 0.344 e. The summed E-state index contributed by atoms with van der Waals surface area (Å²) < 4.78 is 0. The number of amides is 3. The molecule has 0 aliphatic rings. The van der Waals surface area contributed by atoms with E-state index in [0.29, 0.717) is 12.0 Å². The second kappa shape index (κ2) is 8.96. The Morgan fingerprint density at radius 3 is 2.48 bits per heavy atom. The van der Waals surface area contributed by atoms with Crippen LogP contribution in [0.15, 0.2) is 24.5 Å². The maximum Gasteiger partial charge on any atom is 0.269 e. The van der Waals surface area contributed by atoms with Gasteiger partial charge in [0.25, 0.3) is 11.8 Å². The van der Waals surface area contributed by atoms with Gasteiger partial charge in [0.2, 0.25) is 5.91 Å². The molecule has 1 rings (SSSR count). The third kappa shape index (κ3) is 6.26. The highest BCUT2D eigenvalue weighted by Gasteiger charge is 2.19. The Kier molecular flexibility index (Phi) is 7.24. The first-order valence-corrected chi connectivity index (χ1v) is 7.70. The molecule has 1 aromatic heterocycles. The number of hydrogen-bond acceptors (Lipinski definition) is 5. The van der Waals surface area contributed by atoms with E-state index >= 15 is 0 Å². The fourth-order valence-corrected chi connectivity index (χ4v) is 2.00. The van der Waals surface area contributed by atoms with Crippen molar-refractivity contribution in [2.75, 3.05) is 12.0 Å². The van der Waals surface area contributed by atoms with Crippen molar-refractivity contribution < 1.29 is 14.4 Å². The quantitative estimate of drug-likeness (QED) is 0.647. The maximum absolute atomic E-state index is 12.0. The highest BCUT2D eigenvalue weighted by molar-refractivity contribution is 7.98. The van der Waals surface area contributed by atoms with E-state index in [1.165, 1.54) is 31.5 Å². The smallest absolute Gasteiger partial charge is 0.269 e. The number of nitrogens with zero attached hydrogens (tertiary/aromatic N) is 1. The number of hydrazine groups is 1. The summed E-state index contributed by atoms with van der Waals surface area (Å²) >= 11 is 1.57. The van der Waals surface area contributed by atoms with Gasteiger partial charge in [-0.3, -0.25) is 30.2 Å². The van der Waals surface area contributed by atoms with Crippen LogP contribution in [-0.2, 0) is 9.59 Å². The summed E-state index contributed by atoms with van der Waals surface area (Å²) in [6.07, 6.45) is 5.36. The van der Waals surface area contributed by atoms with Gasteiger partial charge in [0.15, 0.2) is 0 Å². The fraction of sp³-hybridized carbons (Fsp3) is 0.385.